The fourth-order valence-electron chi connectivity index (χ4n) is 2.43. The summed E-state index contributed by atoms with van der Waals surface area (Å²) in [6.07, 6.45) is 1.54. The lowest BCUT2D eigenvalue weighted by Crippen LogP contribution is -2.28. The smallest absolute Gasteiger partial charge is 0.243 e. The minimum Gasteiger partial charge on any atom is -0.357 e. The first-order chi connectivity index (χ1) is 11.6. The summed E-state index contributed by atoms with van der Waals surface area (Å²) in [5, 5.41) is 8.75. The number of nitrogens with zero attached hydrogens (tertiary/aromatic N) is 3. The van der Waals surface area contributed by atoms with E-state index in [9.17, 15) is 9.59 Å². The van der Waals surface area contributed by atoms with E-state index in [0.29, 0.717) is 22.2 Å². The van der Waals surface area contributed by atoms with E-state index in [4.69, 9.17) is 0 Å². The zero-order valence-corrected chi connectivity index (χ0v) is 14.1. The molecule has 2 heterocycles. The predicted octanol–water partition coefficient (Wildman–Crippen LogP) is 3.00. The molecular weight excluding hydrogens is 324 g/mol. The lowest BCUT2D eigenvalue weighted by molar-refractivity contribution is -0.115. The first kappa shape index (κ1) is 16.2. The van der Waals surface area contributed by atoms with Crippen LogP contribution in [-0.4, -0.2) is 33.8 Å². The van der Waals surface area contributed by atoms with Crippen molar-refractivity contribution in [3.8, 4) is 0 Å². The van der Waals surface area contributed by atoms with Crippen molar-refractivity contribution in [3.63, 3.8) is 0 Å². The van der Waals surface area contributed by atoms with Gasteiger partial charge in [-0.05, 0) is 32.0 Å². The number of aromatic amines is 1. The Balaban J connectivity index is 1.81. The van der Waals surface area contributed by atoms with Crippen LogP contribution in [0.15, 0.2) is 46.6 Å². The monoisotopic (exact) mass is 340 g/mol. The van der Waals surface area contributed by atoms with E-state index < -0.39 is 0 Å². The van der Waals surface area contributed by atoms with E-state index in [1.807, 2.05) is 37.3 Å². The molecule has 1 aliphatic heterocycles. The second-order valence-electron chi connectivity index (χ2n) is 5.30. The molecule has 1 amide bonds. The number of H-pyrrole nitrogens is 1. The van der Waals surface area contributed by atoms with Crippen molar-refractivity contribution in [2.45, 2.75) is 13.8 Å². The molecule has 6 nitrogen and oxygen atoms in total. The molecule has 0 spiro atoms. The van der Waals surface area contributed by atoms with Crippen molar-refractivity contribution < 1.29 is 9.59 Å². The number of amidine groups is 1. The lowest BCUT2D eigenvalue weighted by atomic mass is 10.2. The van der Waals surface area contributed by atoms with Gasteiger partial charge in [-0.1, -0.05) is 30.0 Å². The molecule has 0 bridgehead atoms. The van der Waals surface area contributed by atoms with Crippen LogP contribution in [0, 0.1) is 6.92 Å². The van der Waals surface area contributed by atoms with Gasteiger partial charge in [0.1, 0.15) is 0 Å². The van der Waals surface area contributed by atoms with Crippen LogP contribution in [0.25, 0.3) is 0 Å². The van der Waals surface area contributed by atoms with E-state index in [2.05, 4.69) is 15.2 Å². The number of rotatable bonds is 4. The first-order valence-electron chi connectivity index (χ1n) is 7.38. The van der Waals surface area contributed by atoms with E-state index in [0.717, 1.165) is 11.4 Å². The number of carbonyl (C=O) groups is 2. The minimum atomic E-state index is -0.0188. The maximum Gasteiger partial charge on any atom is 0.243 e. The van der Waals surface area contributed by atoms with Gasteiger partial charge in [0, 0.05) is 11.3 Å². The second kappa shape index (κ2) is 6.84. The fraction of sp³-hybridized carbons (Fsp3) is 0.176. The number of para-hydroxylation sites is 1. The number of thioether (sulfide) groups is 1. The van der Waals surface area contributed by atoms with Crippen LogP contribution in [0.1, 0.15) is 28.7 Å². The Labute approximate surface area is 143 Å². The Morgan fingerprint density at radius 2 is 2.08 bits per heavy atom. The lowest BCUT2D eigenvalue weighted by Gasteiger charge is -2.14. The largest absolute Gasteiger partial charge is 0.357 e. The summed E-state index contributed by atoms with van der Waals surface area (Å²) in [5.41, 5.74) is 2.91. The summed E-state index contributed by atoms with van der Waals surface area (Å²) in [6, 6.07) is 11.1. The topological polar surface area (TPSA) is 77.9 Å². The maximum absolute atomic E-state index is 12.1. The van der Waals surface area contributed by atoms with Gasteiger partial charge in [-0.25, -0.2) is 0 Å². The zero-order valence-electron chi connectivity index (χ0n) is 13.3. The van der Waals surface area contributed by atoms with Gasteiger partial charge in [-0.15, -0.1) is 5.10 Å². The van der Waals surface area contributed by atoms with Crippen LogP contribution in [0.5, 0.6) is 0 Å². The molecule has 0 aliphatic carbocycles. The predicted molar refractivity (Wildman–Crippen MR) is 96.9 cm³/mol. The highest BCUT2D eigenvalue weighted by atomic mass is 32.2. The second-order valence-corrected chi connectivity index (χ2v) is 6.24. The SMILES string of the molecule is CC(=O)c1cc(/C=N\N=C2\SCC(=O)N2c2ccccc2)[nH]c1C. The summed E-state index contributed by atoms with van der Waals surface area (Å²) >= 11 is 1.35. The molecule has 1 aromatic heterocycles. The Bertz CT molecular complexity index is 840. The number of aromatic nitrogens is 1. The third kappa shape index (κ3) is 3.30. The number of ketones is 1. The van der Waals surface area contributed by atoms with Crippen molar-refractivity contribution in [2.75, 3.05) is 10.7 Å². The van der Waals surface area contributed by atoms with Crippen molar-refractivity contribution >= 4 is 40.5 Å². The van der Waals surface area contributed by atoms with Crippen LogP contribution in [0.4, 0.5) is 5.69 Å². The molecule has 0 saturated carbocycles. The molecule has 0 radical (unpaired) electrons. The molecule has 7 heteroatoms. The molecule has 1 N–H and O–H groups in total. The van der Waals surface area contributed by atoms with Crippen LogP contribution in [-0.2, 0) is 4.79 Å². The molecule has 3 rings (SSSR count). The van der Waals surface area contributed by atoms with Gasteiger partial charge in [0.25, 0.3) is 0 Å². The summed E-state index contributed by atoms with van der Waals surface area (Å²) in [7, 11) is 0. The Morgan fingerprint density at radius 3 is 2.75 bits per heavy atom. The number of benzene rings is 1. The van der Waals surface area contributed by atoms with Crippen molar-refractivity contribution in [1.29, 1.82) is 0 Å². The highest BCUT2D eigenvalue weighted by Crippen LogP contribution is 2.26. The molecule has 24 heavy (non-hydrogen) atoms. The Morgan fingerprint density at radius 1 is 1.33 bits per heavy atom. The van der Waals surface area contributed by atoms with Crippen molar-refractivity contribution in [2.24, 2.45) is 10.2 Å². The molecule has 1 aliphatic rings. The van der Waals surface area contributed by atoms with Gasteiger partial charge in [0.15, 0.2) is 11.0 Å². The molecule has 1 aromatic carbocycles. The number of aryl methyl sites for hydroxylation is 1. The molecule has 0 unspecified atom stereocenters. The number of hydrogen-bond acceptors (Lipinski definition) is 5. The minimum absolute atomic E-state index is 0.00177. The van der Waals surface area contributed by atoms with Gasteiger partial charge in [0.05, 0.1) is 23.3 Å². The molecule has 1 fully saturated rings. The number of amides is 1. The Hall–Kier alpha value is -2.67. The van der Waals surface area contributed by atoms with Crippen LogP contribution in [0.2, 0.25) is 0 Å². The number of nitrogens with one attached hydrogen (secondary N) is 1. The van der Waals surface area contributed by atoms with Crippen LogP contribution < -0.4 is 4.90 Å². The third-order valence-corrected chi connectivity index (χ3v) is 4.45. The number of anilines is 1. The average molecular weight is 340 g/mol. The summed E-state index contributed by atoms with van der Waals surface area (Å²) in [5.74, 6) is 0.330. The highest BCUT2D eigenvalue weighted by Gasteiger charge is 2.29. The summed E-state index contributed by atoms with van der Waals surface area (Å²) in [6.45, 7) is 3.36. The number of Topliss-reactive ketones (excluding diaryl/α,β-unsaturated/α-hetero) is 1. The average Bonchev–Trinajstić information content (AvgIpc) is 3.11. The van der Waals surface area contributed by atoms with Gasteiger partial charge in [0.2, 0.25) is 5.91 Å². The quantitative estimate of drug-likeness (QED) is 0.528. The summed E-state index contributed by atoms with van der Waals surface area (Å²) in [4.78, 5) is 28.2. The third-order valence-electron chi connectivity index (χ3n) is 3.53. The normalized spacial score (nSPS) is 16.5. The van der Waals surface area contributed by atoms with Crippen LogP contribution in [0.3, 0.4) is 0 Å². The first-order valence-corrected chi connectivity index (χ1v) is 8.37. The van der Waals surface area contributed by atoms with Gasteiger partial charge in [-0.3, -0.25) is 14.5 Å². The zero-order chi connectivity index (χ0) is 17.1. The van der Waals surface area contributed by atoms with Gasteiger partial charge in [-0.2, -0.15) is 5.10 Å². The molecule has 1 saturated heterocycles. The number of hydrogen-bond donors (Lipinski definition) is 1. The highest BCUT2D eigenvalue weighted by molar-refractivity contribution is 8.15. The van der Waals surface area contributed by atoms with Crippen molar-refractivity contribution in [3.05, 3.63) is 53.3 Å². The Kier molecular flexibility index (Phi) is 4.61. The van der Waals surface area contributed by atoms with E-state index in [-0.39, 0.29) is 11.7 Å². The van der Waals surface area contributed by atoms with Crippen LogP contribution >= 0.6 is 11.8 Å². The van der Waals surface area contributed by atoms with E-state index >= 15 is 0 Å². The van der Waals surface area contributed by atoms with Gasteiger partial charge >= 0.3 is 0 Å². The van der Waals surface area contributed by atoms with E-state index in [1.165, 1.54) is 18.7 Å². The van der Waals surface area contributed by atoms with E-state index in [1.54, 1.807) is 17.2 Å². The standard InChI is InChI=1S/C17H16N4O2S/c1-11-15(12(2)22)8-13(19-11)9-18-20-17-21(16(23)10-24-17)14-6-4-3-5-7-14/h3-9,19H,10H2,1-2H3/b18-9-,20-17+. The number of carbonyl (C=O) groups excluding carboxylic acids is 2. The molecule has 2 aromatic rings. The maximum atomic E-state index is 12.1. The molecular formula is C17H16N4O2S. The molecule has 0 atom stereocenters. The van der Waals surface area contributed by atoms with Crippen molar-refractivity contribution in [1.82, 2.24) is 4.98 Å². The fourth-order valence-corrected chi connectivity index (χ4v) is 3.25. The van der Waals surface area contributed by atoms with Gasteiger partial charge < -0.3 is 4.98 Å². The summed E-state index contributed by atoms with van der Waals surface area (Å²) < 4.78 is 0. The molecule has 122 valence electrons.